The molecule has 0 aliphatic rings. The van der Waals surface area contributed by atoms with Crippen molar-refractivity contribution in [3.8, 4) is 0 Å². The maximum absolute atomic E-state index is 13.8. The first-order valence-electron chi connectivity index (χ1n) is 8.70. The number of pyridine rings is 1. The van der Waals surface area contributed by atoms with Crippen molar-refractivity contribution in [3.63, 3.8) is 0 Å². The minimum atomic E-state index is -0.593. The second-order valence-electron chi connectivity index (χ2n) is 6.31. The van der Waals surface area contributed by atoms with Gasteiger partial charge in [-0.25, -0.2) is 9.37 Å². The Kier molecular flexibility index (Phi) is 6.92. The van der Waals surface area contributed by atoms with Crippen LogP contribution in [0.1, 0.15) is 12.5 Å². The fourth-order valence-corrected chi connectivity index (χ4v) is 3.58. The van der Waals surface area contributed by atoms with Crippen LogP contribution in [0.4, 0.5) is 21.6 Å². The Morgan fingerprint density at radius 2 is 1.77 bits per heavy atom. The minimum absolute atomic E-state index is 0.0356. The van der Waals surface area contributed by atoms with E-state index < -0.39 is 11.7 Å². The van der Waals surface area contributed by atoms with Crippen LogP contribution in [0.15, 0.2) is 54.7 Å². The molecule has 0 saturated carbocycles. The van der Waals surface area contributed by atoms with Crippen molar-refractivity contribution < 1.29 is 14.0 Å². The average Bonchev–Trinajstić information content (AvgIpc) is 2.64. The van der Waals surface area contributed by atoms with Crippen molar-refractivity contribution in [2.24, 2.45) is 0 Å². The summed E-state index contributed by atoms with van der Waals surface area (Å²) in [5.74, 6) is -1.16. The standard InChI is InChI=1S/C21H15Cl3FN3O2/c1-12(29)28(16-8-13(22)7-14(25)9-16)20-10-15(5-6-26-20)27-21(30)11-17-18(23)3-2-4-19(17)24/h2-10H,11H2,1H3,(H,26,27,30). The average molecular weight is 467 g/mol. The number of aromatic nitrogens is 1. The molecule has 2 aromatic carbocycles. The Morgan fingerprint density at radius 1 is 1.07 bits per heavy atom. The molecule has 0 spiro atoms. The Morgan fingerprint density at radius 3 is 2.40 bits per heavy atom. The summed E-state index contributed by atoms with van der Waals surface area (Å²) >= 11 is 18.1. The van der Waals surface area contributed by atoms with E-state index in [2.05, 4.69) is 10.3 Å². The molecule has 0 atom stereocenters. The van der Waals surface area contributed by atoms with E-state index in [1.807, 2.05) is 0 Å². The molecule has 0 saturated heterocycles. The third kappa shape index (κ3) is 5.27. The molecule has 30 heavy (non-hydrogen) atoms. The molecule has 2 amide bonds. The zero-order valence-corrected chi connectivity index (χ0v) is 17.9. The van der Waals surface area contributed by atoms with Gasteiger partial charge < -0.3 is 5.32 Å². The summed E-state index contributed by atoms with van der Waals surface area (Å²) in [5, 5.41) is 3.63. The minimum Gasteiger partial charge on any atom is -0.326 e. The lowest BCUT2D eigenvalue weighted by Gasteiger charge is -2.21. The second kappa shape index (κ2) is 9.43. The lowest BCUT2D eigenvalue weighted by Crippen LogP contribution is -2.24. The van der Waals surface area contributed by atoms with E-state index in [0.29, 0.717) is 21.3 Å². The first-order chi connectivity index (χ1) is 14.2. The molecule has 0 radical (unpaired) electrons. The number of nitrogens with one attached hydrogen (secondary N) is 1. The topological polar surface area (TPSA) is 62.3 Å². The van der Waals surface area contributed by atoms with E-state index in [4.69, 9.17) is 34.8 Å². The van der Waals surface area contributed by atoms with Gasteiger partial charge in [0.1, 0.15) is 11.6 Å². The van der Waals surface area contributed by atoms with Crippen molar-refractivity contribution in [3.05, 3.63) is 81.2 Å². The van der Waals surface area contributed by atoms with Gasteiger partial charge in [-0.1, -0.05) is 40.9 Å². The molecule has 0 fully saturated rings. The SMILES string of the molecule is CC(=O)N(c1cc(F)cc(Cl)c1)c1cc(NC(=O)Cc2c(Cl)cccc2Cl)ccn1. The Hall–Kier alpha value is -2.67. The van der Waals surface area contributed by atoms with Gasteiger partial charge in [0.2, 0.25) is 11.8 Å². The van der Waals surface area contributed by atoms with Crippen LogP contribution in [-0.4, -0.2) is 16.8 Å². The van der Waals surface area contributed by atoms with Crippen LogP contribution in [0, 0.1) is 5.82 Å². The normalized spacial score (nSPS) is 10.6. The zero-order valence-electron chi connectivity index (χ0n) is 15.6. The molecular formula is C21H15Cl3FN3O2. The molecule has 0 aliphatic heterocycles. The highest BCUT2D eigenvalue weighted by Crippen LogP contribution is 2.29. The van der Waals surface area contributed by atoms with Crippen LogP contribution in [0.2, 0.25) is 15.1 Å². The summed E-state index contributed by atoms with van der Waals surface area (Å²) in [5.41, 5.74) is 1.11. The fraction of sp³-hybridized carbons (Fsp3) is 0.0952. The Bertz CT molecular complexity index is 1080. The number of hydrogen-bond acceptors (Lipinski definition) is 3. The molecule has 154 valence electrons. The maximum atomic E-state index is 13.8. The van der Waals surface area contributed by atoms with Crippen LogP contribution < -0.4 is 10.2 Å². The zero-order chi connectivity index (χ0) is 21.8. The predicted octanol–water partition coefficient (Wildman–Crippen LogP) is 6.05. The highest BCUT2D eigenvalue weighted by atomic mass is 35.5. The monoisotopic (exact) mass is 465 g/mol. The maximum Gasteiger partial charge on any atom is 0.229 e. The molecule has 9 heteroatoms. The van der Waals surface area contributed by atoms with Crippen LogP contribution in [-0.2, 0) is 16.0 Å². The lowest BCUT2D eigenvalue weighted by molar-refractivity contribution is -0.116. The van der Waals surface area contributed by atoms with Gasteiger partial charge in [-0.05, 0) is 42.0 Å². The molecule has 1 N–H and O–H groups in total. The lowest BCUT2D eigenvalue weighted by atomic mass is 10.1. The highest BCUT2D eigenvalue weighted by Gasteiger charge is 2.18. The third-order valence-corrected chi connectivity index (χ3v) is 5.00. The number of nitrogens with zero attached hydrogens (tertiary/aromatic N) is 2. The molecule has 1 heterocycles. The van der Waals surface area contributed by atoms with E-state index >= 15 is 0 Å². The summed E-state index contributed by atoms with van der Waals surface area (Å²) in [6.45, 7) is 1.31. The van der Waals surface area contributed by atoms with E-state index in [9.17, 15) is 14.0 Å². The first-order valence-corrected chi connectivity index (χ1v) is 9.83. The summed E-state index contributed by atoms with van der Waals surface area (Å²) in [7, 11) is 0. The predicted molar refractivity (Wildman–Crippen MR) is 117 cm³/mol. The number of hydrogen-bond donors (Lipinski definition) is 1. The highest BCUT2D eigenvalue weighted by molar-refractivity contribution is 6.36. The van der Waals surface area contributed by atoms with Crippen molar-refractivity contribution in [1.82, 2.24) is 4.98 Å². The number of amides is 2. The van der Waals surface area contributed by atoms with Gasteiger partial charge in [-0.15, -0.1) is 0 Å². The molecule has 3 aromatic rings. The molecule has 5 nitrogen and oxygen atoms in total. The van der Waals surface area contributed by atoms with Crippen molar-refractivity contribution in [1.29, 1.82) is 0 Å². The quantitative estimate of drug-likeness (QED) is 0.498. The van der Waals surface area contributed by atoms with Crippen LogP contribution >= 0.6 is 34.8 Å². The first kappa shape index (κ1) is 22.0. The summed E-state index contributed by atoms with van der Waals surface area (Å²) in [6, 6.07) is 11.8. The molecule has 0 aliphatic carbocycles. The number of benzene rings is 2. The van der Waals surface area contributed by atoms with Gasteiger partial charge in [0.25, 0.3) is 0 Å². The molecule has 3 rings (SSSR count). The van der Waals surface area contributed by atoms with Crippen LogP contribution in [0.3, 0.4) is 0 Å². The van der Waals surface area contributed by atoms with Gasteiger partial charge in [-0.3, -0.25) is 14.5 Å². The van der Waals surface area contributed by atoms with Gasteiger partial charge in [0.15, 0.2) is 0 Å². The van der Waals surface area contributed by atoms with Gasteiger partial charge in [0, 0.05) is 39.9 Å². The van der Waals surface area contributed by atoms with Gasteiger partial charge >= 0.3 is 0 Å². The second-order valence-corrected chi connectivity index (χ2v) is 7.56. The van der Waals surface area contributed by atoms with Crippen LogP contribution in [0.25, 0.3) is 0 Å². The van der Waals surface area contributed by atoms with Gasteiger partial charge in [-0.2, -0.15) is 0 Å². The Labute approximate surface area is 187 Å². The summed E-state index contributed by atoms with van der Waals surface area (Å²) < 4.78 is 13.8. The molecule has 0 bridgehead atoms. The number of carbonyl (C=O) groups excluding carboxylic acids is 2. The number of halogens is 4. The van der Waals surface area contributed by atoms with Crippen molar-refractivity contribution >= 4 is 63.8 Å². The van der Waals surface area contributed by atoms with E-state index in [-0.39, 0.29) is 28.9 Å². The van der Waals surface area contributed by atoms with Crippen LogP contribution in [0.5, 0.6) is 0 Å². The van der Waals surface area contributed by atoms with E-state index in [1.54, 1.807) is 24.3 Å². The number of anilines is 3. The fourth-order valence-electron chi connectivity index (χ4n) is 2.83. The van der Waals surface area contributed by atoms with Gasteiger partial charge in [0.05, 0.1) is 12.1 Å². The largest absolute Gasteiger partial charge is 0.326 e. The third-order valence-electron chi connectivity index (χ3n) is 4.08. The molecule has 1 aromatic heterocycles. The smallest absolute Gasteiger partial charge is 0.229 e. The molecular weight excluding hydrogens is 452 g/mol. The van der Waals surface area contributed by atoms with E-state index in [1.165, 1.54) is 36.2 Å². The number of carbonyl (C=O) groups is 2. The Balaban J connectivity index is 1.85. The van der Waals surface area contributed by atoms with Crippen molar-refractivity contribution in [2.45, 2.75) is 13.3 Å². The van der Waals surface area contributed by atoms with Crippen molar-refractivity contribution in [2.75, 3.05) is 10.2 Å². The summed E-state index contributed by atoms with van der Waals surface area (Å²) in [4.78, 5) is 30.0. The number of rotatable bonds is 5. The van der Waals surface area contributed by atoms with E-state index in [0.717, 1.165) is 6.07 Å². The summed E-state index contributed by atoms with van der Waals surface area (Å²) in [6.07, 6.45) is 1.39. The molecule has 0 unspecified atom stereocenters.